The summed E-state index contributed by atoms with van der Waals surface area (Å²) in [6, 6.07) is 6.72. The summed E-state index contributed by atoms with van der Waals surface area (Å²) < 4.78 is 1.94. The fourth-order valence-corrected chi connectivity index (χ4v) is 2.02. The van der Waals surface area contributed by atoms with Crippen molar-refractivity contribution in [2.24, 2.45) is 0 Å². The third-order valence-electron chi connectivity index (χ3n) is 3.05. The number of non-ortho nitro benzene ring substituents is 1. The number of aromatic nitrogens is 1. The molecule has 6 heteroatoms. The molecule has 0 fully saturated rings. The Morgan fingerprint density at radius 3 is 2.89 bits per heavy atom. The fourth-order valence-electron chi connectivity index (χ4n) is 2.02. The Labute approximate surface area is 110 Å². The number of nitro groups is 1. The van der Waals surface area contributed by atoms with E-state index in [-0.39, 0.29) is 11.6 Å². The number of nitro benzene ring substituents is 1. The van der Waals surface area contributed by atoms with Gasteiger partial charge >= 0.3 is 0 Å². The van der Waals surface area contributed by atoms with Crippen LogP contribution in [0.15, 0.2) is 30.5 Å². The van der Waals surface area contributed by atoms with Crippen LogP contribution in [0.2, 0.25) is 0 Å². The molecule has 1 amide bonds. The Kier molecular flexibility index (Phi) is 3.79. The molecule has 0 unspecified atom stereocenters. The number of aryl methyl sites for hydroxylation is 1. The fraction of sp³-hybridized carbons (Fsp3) is 0.308. The summed E-state index contributed by atoms with van der Waals surface area (Å²) in [4.78, 5) is 21.5. The van der Waals surface area contributed by atoms with Crippen LogP contribution >= 0.6 is 0 Å². The van der Waals surface area contributed by atoms with Crippen LogP contribution in [0.25, 0.3) is 10.9 Å². The van der Waals surface area contributed by atoms with Crippen molar-refractivity contribution in [3.05, 3.63) is 40.6 Å². The van der Waals surface area contributed by atoms with Gasteiger partial charge in [-0.05, 0) is 18.6 Å². The maximum Gasteiger partial charge on any atom is 0.271 e. The molecule has 1 N–H and O–H groups in total. The van der Waals surface area contributed by atoms with E-state index in [4.69, 9.17) is 0 Å². The van der Waals surface area contributed by atoms with Gasteiger partial charge in [0.2, 0.25) is 5.91 Å². The normalized spacial score (nSPS) is 10.6. The topological polar surface area (TPSA) is 77.2 Å². The summed E-state index contributed by atoms with van der Waals surface area (Å²) in [6.45, 7) is 0.665. The standard InChI is InChI=1S/C13H15N3O3/c1-14-13(17)3-2-7-15-8-6-10-4-5-11(16(18)19)9-12(10)15/h4-6,8-9H,2-3,7H2,1H3,(H,14,17). The molecule has 0 aliphatic heterocycles. The molecule has 1 aromatic heterocycles. The van der Waals surface area contributed by atoms with Crippen LogP contribution in [-0.4, -0.2) is 22.4 Å². The van der Waals surface area contributed by atoms with Crippen molar-refractivity contribution in [1.29, 1.82) is 0 Å². The zero-order chi connectivity index (χ0) is 13.8. The van der Waals surface area contributed by atoms with Gasteiger partial charge < -0.3 is 9.88 Å². The monoisotopic (exact) mass is 261 g/mol. The second-order valence-electron chi connectivity index (χ2n) is 4.29. The van der Waals surface area contributed by atoms with Gasteiger partial charge in [-0.1, -0.05) is 0 Å². The number of nitrogens with one attached hydrogen (secondary N) is 1. The summed E-state index contributed by atoms with van der Waals surface area (Å²) >= 11 is 0. The molecule has 19 heavy (non-hydrogen) atoms. The summed E-state index contributed by atoms with van der Waals surface area (Å²) in [6.07, 6.45) is 3.04. The van der Waals surface area contributed by atoms with Crippen molar-refractivity contribution in [3.63, 3.8) is 0 Å². The van der Waals surface area contributed by atoms with E-state index < -0.39 is 4.92 Å². The summed E-state index contributed by atoms with van der Waals surface area (Å²) in [5.41, 5.74) is 0.907. The van der Waals surface area contributed by atoms with Crippen molar-refractivity contribution in [3.8, 4) is 0 Å². The average Bonchev–Trinajstić information content (AvgIpc) is 2.81. The molecular formula is C13H15N3O3. The lowest BCUT2D eigenvalue weighted by molar-refractivity contribution is -0.384. The van der Waals surface area contributed by atoms with Crippen molar-refractivity contribution in [2.75, 3.05) is 7.05 Å². The first-order valence-electron chi connectivity index (χ1n) is 6.05. The highest BCUT2D eigenvalue weighted by Gasteiger charge is 2.09. The lowest BCUT2D eigenvalue weighted by Crippen LogP contribution is -2.17. The molecule has 0 atom stereocenters. The molecule has 0 aliphatic carbocycles. The predicted molar refractivity (Wildman–Crippen MR) is 71.9 cm³/mol. The smallest absolute Gasteiger partial charge is 0.271 e. The Balaban J connectivity index is 2.16. The van der Waals surface area contributed by atoms with Crippen LogP contribution < -0.4 is 5.32 Å². The van der Waals surface area contributed by atoms with Crippen molar-refractivity contribution in [2.45, 2.75) is 19.4 Å². The quantitative estimate of drug-likeness (QED) is 0.661. The zero-order valence-electron chi connectivity index (χ0n) is 10.6. The van der Waals surface area contributed by atoms with E-state index in [2.05, 4.69) is 5.32 Å². The van der Waals surface area contributed by atoms with Crippen LogP contribution in [0, 0.1) is 10.1 Å². The molecule has 6 nitrogen and oxygen atoms in total. The number of benzene rings is 1. The van der Waals surface area contributed by atoms with E-state index in [9.17, 15) is 14.9 Å². The van der Waals surface area contributed by atoms with Gasteiger partial charge in [0, 0.05) is 43.7 Å². The van der Waals surface area contributed by atoms with Crippen molar-refractivity contribution < 1.29 is 9.72 Å². The number of carbonyl (C=O) groups excluding carboxylic acids is 1. The van der Waals surface area contributed by atoms with Gasteiger partial charge in [-0.15, -0.1) is 0 Å². The molecule has 2 rings (SSSR count). The van der Waals surface area contributed by atoms with Gasteiger partial charge in [0.1, 0.15) is 0 Å². The minimum Gasteiger partial charge on any atom is -0.359 e. The molecule has 100 valence electrons. The summed E-state index contributed by atoms with van der Waals surface area (Å²) in [5.74, 6) is 0.00226. The van der Waals surface area contributed by atoms with Crippen molar-refractivity contribution >= 4 is 22.5 Å². The first kappa shape index (κ1) is 13.1. The molecule has 1 aromatic carbocycles. The number of hydrogen-bond donors (Lipinski definition) is 1. The number of fused-ring (bicyclic) bond motifs is 1. The van der Waals surface area contributed by atoms with Crippen molar-refractivity contribution in [1.82, 2.24) is 9.88 Å². The van der Waals surface area contributed by atoms with Crippen LogP contribution in [0.4, 0.5) is 5.69 Å². The Hall–Kier alpha value is -2.37. The highest BCUT2D eigenvalue weighted by Crippen LogP contribution is 2.22. The van der Waals surface area contributed by atoms with Gasteiger partial charge in [-0.2, -0.15) is 0 Å². The average molecular weight is 261 g/mol. The van der Waals surface area contributed by atoms with E-state index in [1.807, 2.05) is 16.8 Å². The Bertz CT molecular complexity index is 619. The first-order chi connectivity index (χ1) is 9.11. The maximum absolute atomic E-state index is 11.1. The lowest BCUT2D eigenvalue weighted by Gasteiger charge is -2.05. The number of carbonyl (C=O) groups is 1. The molecule has 0 radical (unpaired) electrons. The van der Waals surface area contributed by atoms with E-state index in [1.54, 1.807) is 19.2 Å². The highest BCUT2D eigenvalue weighted by molar-refractivity contribution is 5.82. The van der Waals surface area contributed by atoms with Gasteiger partial charge in [-0.3, -0.25) is 14.9 Å². The molecular weight excluding hydrogens is 246 g/mol. The highest BCUT2D eigenvalue weighted by atomic mass is 16.6. The molecule has 0 spiro atoms. The minimum absolute atomic E-state index is 0.00226. The van der Waals surface area contributed by atoms with E-state index in [0.29, 0.717) is 19.4 Å². The van der Waals surface area contributed by atoms with Gasteiger partial charge in [0.05, 0.1) is 10.4 Å². The third kappa shape index (κ3) is 2.90. The maximum atomic E-state index is 11.1. The van der Waals surface area contributed by atoms with Crippen LogP contribution in [-0.2, 0) is 11.3 Å². The molecule has 1 heterocycles. The number of nitrogens with zero attached hydrogens (tertiary/aromatic N) is 2. The van der Waals surface area contributed by atoms with Crippen LogP contribution in [0.1, 0.15) is 12.8 Å². The van der Waals surface area contributed by atoms with E-state index >= 15 is 0 Å². The SMILES string of the molecule is CNC(=O)CCCn1ccc2ccc([N+](=O)[O-])cc21. The predicted octanol–water partition coefficient (Wildman–Crippen LogP) is 2.08. The number of rotatable bonds is 5. The molecule has 0 bridgehead atoms. The summed E-state index contributed by atoms with van der Waals surface area (Å²) in [5, 5.41) is 14.3. The van der Waals surface area contributed by atoms with Crippen LogP contribution in [0.5, 0.6) is 0 Å². The van der Waals surface area contributed by atoms with E-state index in [1.165, 1.54) is 6.07 Å². The third-order valence-corrected chi connectivity index (χ3v) is 3.05. The Morgan fingerprint density at radius 2 is 2.21 bits per heavy atom. The number of hydrogen-bond acceptors (Lipinski definition) is 3. The minimum atomic E-state index is -0.401. The van der Waals surface area contributed by atoms with E-state index in [0.717, 1.165) is 10.9 Å². The molecule has 0 aliphatic rings. The zero-order valence-corrected chi connectivity index (χ0v) is 10.6. The molecule has 0 saturated heterocycles. The number of amides is 1. The largest absolute Gasteiger partial charge is 0.359 e. The Morgan fingerprint density at radius 1 is 1.42 bits per heavy atom. The first-order valence-corrected chi connectivity index (χ1v) is 6.05. The molecule has 0 saturated carbocycles. The second-order valence-corrected chi connectivity index (χ2v) is 4.29. The lowest BCUT2D eigenvalue weighted by atomic mass is 10.2. The van der Waals surface area contributed by atoms with Gasteiger partial charge in [0.15, 0.2) is 0 Å². The van der Waals surface area contributed by atoms with Crippen LogP contribution in [0.3, 0.4) is 0 Å². The second kappa shape index (κ2) is 5.51. The molecule has 2 aromatic rings. The van der Waals surface area contributed by atoms with Gasteiger partial charge in [0.25, 0.3) is 5.69 Å². The summed E-state index contributed by atoms with van der Waals surface area (Å²) in [7, 11) is 1.61. The van der Waals surface area contributed by atoms with Gasteiger partial charge in [-0.25, -0.2) is 0 Å².